The molecule has 1 amide bonds. The maximum atomic E-state index is 13.4. The maximum absolute atomic E-state index is 13.4. The quantitative estimate of drug-likeness (QED) is 0.157. The van der Waals surface area contributed by atoms with Crippen LogP contribution >= 0.6 is 0 Å². The Balaban J connectivity index is 1.36. The lowest BCUT2D eigenvalue weighted by Gasteiger charge is -2.64. The predicted molar refractivity (Wildman–Crippen MR) is 167 cm³/mol. The van der Waals surface area contributed by atoms with Gasteiger partial charge in [-0.3, -0.25) is 15.1 Å². The van der Waals surface area contributed by atoms with Gasteiger partial charge in [0.25, 0.3) is 5.91 Å². The first-order chi connectivity index (χ1) is 20.7. The number of amides is 1. The van der Waals surface area contributed by atoms with Crippen LogP contribution in [0.15, 0.2) is 60.8 Å². The third-order valence-electron chi connectivity index (χ3n) is 9.52. The normalized spacial score (nSPS) is 25.7. The Morgan fingerprint density at radius 3 is 2.48 bits per heavy atom. The van der Waals surface area contributed by atoms with Crippen LogP contribution in [-0.4, -0.2) is 49.4 Å². The van der Waals surface area contributed by atoms with Crippen LogP contribution in [0.3, 0.4) is 0 Å². The standard InChI is InChI=1S/C34H45BN2O7/c1-21(37-41-20-22-13-10-9-11-14-22)30(38)36-28(35-43-27-19-24-18-26(33(24,5)6)34(27,7)44-35)17-23-15-12-16-25(29(23)40-8)31(39)42-32(2,3)4/h9-16,24,26-28,37H,1,17-20H2,2-8H3,(H,36,38)/t24?,26?,27?,28-,34?/m0/s1. The smallest absolute Gasteiger partial charge is 0.482 e. The topological polar surface area (TPSA) is 104 Å². The third kappa shape index (κ3) is 6.39. The van der Waals surface area contributed by atoms with Gasteiger partial charge >= 0.3 is 13.1 Å². The van der Waals surface area contributed by atoms with Crippen LogP contribution < -0.4 is 15.5 Å². The Labute approximate surface area is 261 Å². The molecule has 2 N–H and O–H groups in total. The van der Waals surface area contributed by atoms with Crippen molar-refractivity contribution in [2.45, 2.75) is 90.7 Å². The number of hydroxylamine groups is 1. The maximum Gasteiger partial charge on any atom is 0.482 e. The first-order valence-corrected chi connectivity index (χ1v) is 15.4. The third-order valence-corrected chi connectivity index (χ3v) is 9.52. The summed E-state index contributed by atoms with van der Waals surface area (Å²) in [6, 6.07) is 14.9. The lowest BCUT2D eigenvalue weighted by molar-refractivity contribution is -0.199. The highest BCUT2D eigenvalue weighted by Gasteiger charge is 2.68. The molecular formula is C34H45BN2O7. The number of carbonyl (C=O) groups is 2. The fraction of sp³-hybridized carbons (Fsp3) is 0.529. The number of hydrogen-bond donors (Lipinski definition) is 2. The molecule has 0 spiro atoms. The Morgan fingerprint density at radius 1 is 1.09 bits per heavy atom. The van der Waals surface area contributed by atoms with Gasteiger partial charge in [0.1, 0.15) is 22.6 Å². The summed E-state index contributed by atoms with van der Waals surface area (Å²) in [7, 11) is 0.792. The SMILES string of the molecule is C=C(NOCc1ccccc1)C(=O)N[C@@H](Cc1cccc(C(=O)OC(C)(C)C)c1OC)B1OC2CC3CC(C3(C)C)C2(C)O1. The van der Waals surface area contributed by atoms with Crippen LogP contribution in [0.1, 0.15) is 75.9 Å². The molecule has 3 aliphatic carbocycles. The molecule has 0 aromatic heterocycles. The molecule has 9 nitrogen and oxygen atoms in total. The van der Waals surface area contributed by atoms with Crippen molar-refractivity contribution in [2.24, 2.45) is 17.3 Å². The zero-order chi connectivity index (χ0) is 31.9. The van der Waals surface area contributed by atoms with Gasteiger partial charge in [0.05, 0.1) is 31.4 Å². The zero-order valence-electron chi connectivity index (χ0n) is 26.9. The van der Waals surface area contributed by atoms with Gasteiger partial charge in [0.2, 0.25) is 0 Å². The van der Waals surface area contributed by atoms with E-state index in [0.717, 1.165) is 18.4 Å². The van der Waals surface area contributed by atoms with Crippen molar-refractivity contribution in [3.63, 3.8) is 0 Å². The second-order valence-corrected chi connectivity index (χ2v) is 14.0. The molecule has 2 aromatic carbocycles. The van der Waals surface area contributed by atoms with Gasteiger partial charge in [-0.2, -0.15) is 0 Å². The fourth-order valence-corrected chi connectivity index (χ4v) is 7.09. The van der Waals surface area contributed by atoms with Gasteiger partial charge in [0, 0.05) is 0 Å². The van der Waals surface area contributed by atoms with E-state index in [-0.39, 0.29) is 30.2 Å². The molecule has 1 saturated heterocycles. The monoisotopic (exact) mass is 604 g/mol. The molecule has 4 fully saturated rings. The molecule has 1 heterocycles. The molecule has 6 rings (SSSR count). The Morgan fingerprint density at radius 2 is 1.82 bits per heavy atom. The minimum Gasteiger partial charge on any atom is -0.496 e. The van der Waals surface area contributed by atoms with Crippen LogP contribution in [0.2, 0.25) is 0 Å². The predicted octanol–water partition coefficient (Wildman–Crippen LogP) is 5.18. The lowest BCUT2D eigenvalue weighted by atomic mass is 9.43. The average Bonchev–Trinajstić information content (AvgIpc) is 3.33. The van der Waals surface area contributed by atoms with Gasteiger partial charge in [-0.1, -0.05) is 62.9 Å². The second-order valence-electron chi connectivity index (χ2n) is 14.0. The number of rotatable bonds is 11. The first-order valence-electron chi connectivity index (χ1n) is 15.4. The van der Waals surface area contributed by atoms with Gasteiger partial charge in [-0.05, 0) is 81.4 Å². The largest absolute Gasteiger partial charge is 0.496 e. The molecule has 10 heteroatoms. The van der Waals surface area contributed by atoms with Crippen LogP contribution in [0.5, 0.6) is 5.75 Å². The van der Waals surface area contributed by atoms with E-state index in [2.05, 4.69) is 38.1 Å². The lowest BCUT2D eigenvalue weighted by Crippen LogP contribution is -2.65. The highest BCUT2D eigenvalue weighted by atomic mass is 16.7. The molecule has 4 unspecified atom stereocenters. The summed E-state index contributed by atoms with van der Waals surface area (Å²) in [5.41, 5.74) is 3.71. The minimum absolute atomic E-state index is 0.0467. The summed E-state index contributed by atoms with van der Waals surface area (Å²) in [5, 5.41) is 3.07. The van der Waals surface area contributed by atoms with Crippen molar-refractivity contribution in [2.75, 3.05) is 7.11 Å². The van der Waals surface area contributed by atoms with Crippen molar-refractivity contribution in [1.82, 2.24) is 10.8 Å². The van der Waals surface area contributed by atoms with E-state index in [1.54, 1.807) is 12.1 Å². The van der Waals surface area contributed by atoms with Crippen LogP contribution in [0.4, 0.5) is 0 Å². The summed E-state index contributed by atoms with van der Waals surface area (Å²) in [5.74, 6) is -0.249. The van der Waals surface area contributed by atoms with E-state index in [1.807, 2.05) is 57.2 Å². The fourth-order valence-electron chi connectivity index (χ4n) is 7.09. The molecule has 5 atom stereocenters. The van der Waals surface area contributed by atoms with Crippen LogP contribution in [-0.2, 0) is 36.7 Å². The molecule has 1 aliphatic heterocycles. The van der Waals surface area contributed by atoms with Crippen molar-refractivity contribution >= 4 is 19.0 Å². The number of methoxy groups -OCH3 is 1. The summed E-state index contributed by atoms with van der Waals surface area (Å²) < 4.78 is 24.7. The van der Waals surface area contributed by atoms with Crippen molar-refractivity contribution < 1.29 is 33.2 Å². The van der Waals surface area contributed by atoms with Gasteiger partial charge < -0.3 is 24.1 Å². The summed E-state index contributed by atoms with van der Waals surface area (Å²) >= 11 is 0. The molecule has 236 valence electrons. The molecule has 0 radical (unpaired) electrons. The van der Waals surface area contributed by atoms with Crippen molar-refractivity contribution in [1.29, 1.82) is 0 Å². The van der Waals surface area contributed by atoms with E-state index >= 15 is 0 Å². The van der Waals surface area contributed by atoms with E-state index < -0.39 is 36.1 Å². The molecule has 2 bridgehead atoms. The number of esters is 1. The van der Waals surface area contributed by atoms with Gasteiger partial charge in [-0.25, -0.2) is 4.79 Å². The van der Waals surface area contributed by atoms with Gasteiger partial charge in [0.15, 0.2) is 0 Å². The van der Waals surface area contributed by atoms with Crippen molar-refractivity contribution in [3.05, 3.63) is 77.5 Å². The summed E-state index contributed by atoms with van der Waals surface area (Å²) in [6.45, 7) is 16.4. The summed E-state index contributed by atoms with van der Waals surface area (Å²) in [6.07, 6.45) is 2.22. The first kappa shape index (κ1) is 32.1. The van der Waals surface area contributed by atoms with E-state index in [4.69, 9.17) is 23.6 Å². The number of hydrogen-bond acceptors (Lipinski definition) is 8. The highest BCUT2D eigenvalue weighted by Crippen LogP contribution is 2.65. The number of benzene rings is 2. The van der Waals surface area contributed by atoms with E-state index in [0.29, 0.717) is 28.7 Å². The van der Waals surface area contributed by atoms with Crippen LogP contribution in [0.25, 0.3) is 0 Å². The Kier molecular flexibility index (Phi) is 8.91. The van der Waals surface area contributed by atoms with Gasteiger partial charge in [-0.15, -0.1) is 0 Å². The summed E-state index contributed by atoms with van der Waals surface area (Å²) in [4.78, 5) is 32.0. The zero-order valence-corrected chi connectivity index (χ0v) is 26.9. The Bertz CT molecular complexity index is 1390. The number of ether oxygens (including phenoxy) is 2. The number of nitrogens with one attached hydrogen (secondary N) is 2. The molecule has 3 saturated carbocycles. The highest BCUT2D eigenvalue weighted by molar-refractivity contribution is 6.48. The Hall–Kier alpha value is -3.34. The van der Waals surface area contributed by atoms with E-state index in [9.17, 15) is 9.59 Å². The number of carbonyl (C=O) groups excluding carboxylic acids is 2. The average molecular weight is 605 g/mol. The van der Waals surface area contributed by atoms with Crippen LogP contribution in [0, 0.1) is 17.3 Å². The molecular weight excluding hydrogens is 559 g/mol. The van der Waals surface area contributed by atoms with Crippen molar-refractivity contribution in [3.8, 4) is 5.75 Å². The minimum atomic E-state index is -0.725. The second kappa shape index (κ2) is 12.2. The number of para-hydroxylation sites is 1. The van der Waals surface area contributed by atoms with E-state index in [1.165, 1.54) is 7.11 Å². The molecule has 4 aliphatic rings. The molecule has 44 heavy (non-hydrogen) atoms. The molecule has 2 aromatic rings.